The molecule has 3 fully saturated rings. The number of aryl methyl sites for hydroxylation is 12. The molecule has 0 saturated carbocycles. The second-order valence-electron chi connectivity index (χ2n) is 29.8. The summed E-state index contributed by atoms with van der Waals surface area (Å²) in [4.78, 5) is 44.4. The number of imidazole rings is 4. The number of H-pyrrole nitrogens is 2. The summed E-state index contributed by atoms with van der Waals surface area (Å²) in [5, 5.41) is 23.4. The van der Waals surface area contributed by atoms with Gasteiger partial charge in [-0.05, 0) is 253 Å². The number of aromatic nitrogens is 16. The van der Waals surface area contributed by atoms with Crippen LogP contribution in [0.5, 0.6) is 0 Å². The van der Waals surface area contributed by atoms with Crippen LogP contribution in [0.2, 0.25) is 0 Å². The molecule has 8 N–H and O–H groups in total. The van der Waals surface area contributed by atoms with E-state index < -0.39 is 0 Å². The van der Waals surface area contributed by atoms with Crippen molar-refractivity contribution in [1.82, 2.24) is 84.9 Å². The van der Waals surface area contributed by atoms with Gasteiger partial charge in [-0.3, -0.25) is 29.1 Å². The second-order valence-corrected chi connectivity index (χ2v) is 31.4. The molecule has 16 aromatic rings. The van der Waals surface area contributed by atoms with Crippen molar-refractivity contribution in [1.29, 1.82) is 0 Å². The number of aromatic amines is 2. The van der Waals surface area contributed by atoms with Gasteiger partial charge in [0.25, 0.3) is 0 Å². The molecule has 0 unspecified atom stereocenters. The van der Waals surface area contributed by atoms with Crippen molar-refractivity contribution < 1.29 is 32.3 Å². The van der Waals surface area contributed by atoms with Crippen LogP contribution in [0.4, 0.5) is 23.0 Å². The minimum absolute atomic E-state index is 0.538. The van der Waals surface area contributed by atoms with Crippen LogP contribution in [0.3, 0.4) is 0 Å². The van der Waals surface area contributed by atoms with Crippen molar-refractivity contribution in [3.63, 3.8) is 0 Å². The van der Waals surface area contributed by atoms with Gasteiger partial charge in [0.15, 0.2) is 9.85 Å². The van der Waals surface area contributed by atoms with Gasteiger partial charge in [-0.2, -0.15) is 0 Å². The molecule has 0 amide bonds. The lowest BCUT2D eigenvalue weighted by Gasteiger charge is -2.26. The Kier molecular flexibility index (Phi) is 30.6. The maximum Gasteiger partial charge on any atom is 0.204 e. The number of nitrogen functional groups attached to an aromatic ring is 2. The number of hydrogen-bond donors (Lipinski definition) is 6. The van der Waals surface area contributed by atoms with E-state index in [2.05, 4.69) is 182 Å². The zero-order valence-corrected chi connectivity index (χ0v) is 77.3. The Morgan fingerprint density at radius 1 is 0.444 bits per heavy atom. The van der Waals surface area contributed by atoms with Crippen LogP contribution in [0.15, 0.2) is 183 Å². The number of nitrogens with zero attached hydrogens (tertiary/aromatic N) is 15. The largest absolute Gasteiger partial charge is 0.397 e. The van der Waals surface area contributed by atoms with Crippen molar-refractivity contribution in [2.75, 3.05) is 87.5 Å². The first-order valence-electron chi connectivity index (χ1n) is 40.2. The van der Waals surface area contributed by atoms with Crippen LogP contribution < -0.4 is 27.0 Å². The maximum atomic E-state index is 6.19. The topological polar surface area (TPSA) is 356 Å². The van der Waals surface area contributed by atoms with Gasteiger partial charge in [-0.25, -0.2) is 19.9 Å². The molecule has 12 aromatic heterocycles. The van der Waals surface area contributed by atoms with Crippen LogP contribution in [-0.4, -0.2) is 156 Å². The minimum atomic E-state index is 0.538. The SMILES string of the molecule is BrBr.C1CCOC1.C1COCCN1.Cc1ccncc1-c1cc(-c2c(C)noc2C)cc(N)c1N.Cc1ccncc1-c1cc(-c2c(C)noc2C)cc2[nH]c(Br)nc12.Cc1ccncc1-c1cc(-c2c(C)noc2C)cc2[nH]c(N3CCOCC3)nc12.Cc1ccncc1-c1cc(-c2c(C)noc2C)cc2c1CC(=S)N2.S=C(n1ccnc1)n1ccnc1. The van der Waals surface area contributed by atoms with Crippen molar-refractivity contribution in [3.8, 4) is 89.0 Å². The summed E-state index contributed by atoms with van der Waals surface area (Å²) in [5.41, 5.74) is 44.1. The Morgan fingerprint density at radius 3 is 1.23 bits per heavy atom. The van der Waals surface area contributed by atoms with Crippen LogP contribution in [0.1, 0.15) is 86.5 Å². The highest BCUT2D eigenvalue weighted by molar-refractivity contribution is 9.93. The number of nitrogens with two attached hydrogens (primary N) is 2. The van der Waals surface area contributed by atoms with Crippen molar-refractivity contribution in [3.05, 3.63) is 238 Å². The Morgan fingerprint density at radius 2 is 0.839 bits per heavy atom. The number of fused-ring (bicyclic) bond motifs is 3. The molecule has 20 rings (SSSR count). The summed E-state index contributed by atoms with van der Waals surface area (Å²) >= 11 is 19.5. The summed E-state index contributed by atoms with van der Waals surface area (Å²) in [6.07, 6.45) is 28.3. The van der Waals surface area contributed by atoms with E-state index in [9.17, 15) is 0 Å². The summed E-state index contributed by atoms with van der Waals surface area (Å²) < 4.78 is 41.0. The van der Waals surface area contributed by atoms with Crippen molar-refractivity contribution >= 4 is 124 Å². The maximum absolute atomic E-state index is 6.19. The van der Waals surface area contributed by atoms with Gasteiger partial charge in [0, 0.05) is 215 Å². The highest BCUT2D eigenvalue weighted by Gasteiger charge is 2.27. The van der Waals surface area contributed by atoms with Gasteiger partial charge in [0.05, 0.1) is 87.6 Å². The first-order valence-corrected chi connectivity index (χ1v) is 45.5. The monoisotopic (exact) mass is 1900 g/mol. The van der Waals surface area contributed by atoms with E-state index in [4.69, 9.17) is 73.2 Å². The molecule has 640 valence electrons. The molecule has 4 aromatic carbocycles. The van der Waals surface area contributed by atoms with E-state index in [0.29, 0.717) is 21.2 Å². The molecule has 0 radical (unpaired) electrons. The predicted octanol–water partition coefficient (Wildman–Crippen LogP) is 20.0. The number of nitrogens with one attached hydrogen (secondary N) is 4. The van der Waals surface area contributed by atoms with Gasteiger partial charge in [-0.15, -0.1) is 0 Å². The van der Waals surface area contributed by atoms with Crippen LogP contribution in [0, 0.1) is 83.1 Å². The highest BCUT2D eigenvalue weighted by atomic mass is 80.9. The molecular formula is C91H96Br3N21O7S2. The summed E-state index contributed by atoms with van der Waals surface area (Å²) in [5.74, 6) is 4.07. The molecule has 16 heterocycles. The van der Waals surface area contributed by atoms with E-state index in [1.165, 1.54) is 29.5 Å². The molecule has 33 heteroatoms. The van der Waals surface area contributed by atoms with Crippen molar-refractivity contribution in [2.24, 2.45) is 0 Å². The zero-order valence-electron chi connectivity index (χ0n) is 70.9. The van der Waals surface area contributed by atoms with Gasteiger partial charge < -0.3 is 69.3 Å². The van der Waals surface area contributed by atoms with Gasteiger partial charge in [-0.1, -0.05) is 32.8 Å². The molecule has 4 aliphatic heterocycles. The highest BCUT2D eigenvalue weighted by Crippen LogP contribution is 2.44. The number of benzene rings is 4. The lowest BCUT2D eigenvalue weighted by Crippen LogP contribution is -2.36. The number of halogens is 3. The van der Waals surface area contributed by atoms with E-state index in [1.807, 2.05) is 130 Å². The lowest BCUT2D eigenvalue weighted by molar-refractivity contribution is 0.109. The molecule has 3 saturated heterocycles. The van der Waals surface area contributed by atoms with E-state index >= 15 is 0 Å². The third-order valence-electron chi connectivity index (χ3n) is 21.2. The fourth-order valence-corrected chi connectivity index (χ4v) is 15.9. The van der Waals surface area contributed by atoms with Crippen molar-refractivity contribution in [2.45, 2.75) is 102 Å². The van der Waals surface area contributed by atoms with E-state index in [-0.39, 0.29) is 0 Å². The Labute approximate surface area is 752 Å². The number of thiocarbonyl (C=S) groups is 2. The third kappa shape index (κ3) is 21.2. The summed E-state index contributed by atoms with van der Waals surface area (Å²) in [7, 11) is 0. The molecule has 0 bridgehead atoms. The van der Waals surface area contributed by atoms with Crippen LogP contribution in [0.25, 0.3) is 111 Å². The number of pyridine rings is 4. The molecule has 0 spiro atoms. The van der Waals surface area contributed by atoms with E-state index in [0.717, 1.165) is 257 Å². The first-order chi connectivity index (χ1) is 60.1. The first kappa shape index (κ1) is 90.1. The minimum Gasteiger partial charge on any atom is -0.397 e. The van der Waals surface area contributed by atoms with Gasteiger partial charge >= 0.3 is 0 Å². The quantitative estimate of drug-likeness (QED) is 0.0577. The lowest BCUT2D eigenvalue weighted by atomic mass is 9.91. The van der Waals surface area contributed by atoms with E-state index in [1.54, 1.807) is 65.2 Å². The molecule has 124 heavy (non-hydrogen) atoms. The second kappa shape index (κ2) is 42.1. The van der Waals surface area contributed by atoms with Gasteiger partial charge in [0.1, 0.15) is 35.7 Å². The number of rotatable bonds is 9. The van der Waals surface area contributed by atoms with Crippen LogP contribution >= 0.6 is 68.6 Å². The Balaban J connectivity index is 0.000000130. The normalized spacial score (nSPS) is 13.2. The number of anilines is 4. The number of ether oxygens (including phenoxy) is 3. The molecule has 0 atom stereocenters. The predicted molar refractivity (Wildman–Crippen MR) is 506 cm³/mol. The average molecular weight is 1900 g/mol. The fraction of sp³-hybridized carbons (Fsp3) is 0.275. The van der Waals surface area contributed by atoms with Gasteiger partial charge in [0.2, 0.25) is 5.95 Å². The zero-order chi connectivity index (χ0) is 87.7. The molecule has 28 nitrogen and oxygen atoms in total. The molecule has 0 aliphatic carbocycles. The Hall–Kier alpha value is -11.7. The molecule has 4 aliphatic rings. The number of hydrogen-bond acceptors (Lipinski definition) is 25. The summed E-state index contributed by atoms with van der Waals surface area (Å²) in [6, 6.07) is 24.7. The number of morpholine rings is 2. The third-order valence-corrected chi connectivity index (χ3v) is 22.3. The Bertz CT molecular complexity index is 6230. The molecular weight excluding hydrogens is 1800 g/mol. The standard InChI is InChI=1S/C22H23N5O2.C19H17N3OS.C18H15BrN4O.C17H18N4O.C7H6N4S.C4H9NO.C4H8O.Br2/c1-13-4-5-23-12-18(13)17-10-16(20-14(2)26-29-15(20)3)11-19-21(17)25-22(24-19)27-6-8-28-9-7-27;1-10-4-5-20-9-16(10)14-6-13(19-11(2)22-23-12(19)3)7-17-15(14)8-18(24)21-17;1-9-4-5-20-8-14(9)13-6-12(16-10(2)23-24-11(16)3)7-15-17(13)22-18(19)21-15;1-9-4-5-20-8-14(9)13-6-12(7-15(18)17(13)19)16-10(2)21-22-11(16)3;12-7(10-3-1-8-5-10)11-4-2-9-6-11;1-3-6-4-2-5-1;1-2-4-5-3-1;1-2/h4-5,10-12H,6-9H2,1-3H3,(H,24,25);4-7,9H,8H2,1-3H3,(H,21,24);4-8H,1-3H3,(H,21,22);4-8H,18-19H2,1-3H3;1-6H;5H,1-4H2;1-4H2;. The average Bonchev–Trinajstić information content (AvgIpc) is 1.57. The summed E-state index contributed by atoms with van der Waals surface area (Å²) in [6.45, 7) is 32.7. The van der Waals surface area contributed by atoms with Crippen LogP contribution in [-0.2, 0) is 20.6 Å². The smallest absolute Gasteiger partial charge is 0.204 e. The fourth-order valence-electron chi connectivity index (χ4n) is 15.0.